The lowest BCUT2D eigenvalue weighted by atomic mass is 9.90. The molecule has 0 saturated carbocycles. The van der Waals surface area contributed by atoms with E-state index >= 15 is 0 Å². The summed E-state index contributed by atoms with van der Waals surface area (Å²) in [5.74, 6) is 1.92. The van der Waals surface area contributed by atoms with Gasteiger partial charge in [-0.25, -0.2) is 4.39 Å². The number of halogens is 1. The number of thiazole rings is 1. The molecule has 6 aliphatic rings. The highest BCUT2D eigenvalue weighted by molar-refractivity contribution is 8.00. The van der Waals surface area contributed by atoms with Crippen molar-refractivity contribution < 1.29 is 13.7 Å². The molecular weight excluding hydrogens is 551 g/mol. The summed E-state index contributed by atoms with van der Waals surface area (Å²) in [4.78, 5) is 22.2. The zero-order valence-corrected chi connectivity index (χ0v) is 23.6. The van der Waals surface area contributed by atoms with Gasteiger partial charge in [0.1, 0.15) is 23.2 Å². The van der Waals surface area contributed by atoms with E-state index in [0.717, 1.165) is 55.0 Å². The standard InChI is InChI=1S/C26H29FN10OS2/c27-16-7-25(4-1-5-35(25)9-16)13-38-24-32-22(31-23(33-24)37-17-2-3-18(37)15(6-17)8-28)34-11-26(12-34)20-19(10-39-26)40-21(30)36(20)14-29/h15-18,30H,1-7,9-13H2/p+1/t15-,16+,17-,18+,25-/m0/s1. The molecule has 1 spiro atoms. The maximum atomic E-state index is 14.4. The molecule has 0 unspecified atom stereocenters. The first kappa shape index (κ1) is 24.8. The third-order valence-electron chi connectivity index (χ3n) is 9.88. The Morgan fingerprint density at radius 1 is 1.20 bits per heavy atom. The van der Waals surface area contributed by atoms with Crippen molar-refractivity contribution in [3.63, 3.8) is 0 Å². The van der Waals surface area contributed by atoms with Gasteiger partial charge in [0, 0.05) is 49.2 Å². The number of hydrogen-bond acceptors (Lipinski definition) is 12. The van der Waals surface area contributed by atoms with Gasteiger partial charge in [0.15, 0.2) is 0 Å². The minimum atomic E-state index is -0.829. The number of ether oxygens (including phenoxy) is 1. The van der Waals surface area contributed by atoms with Gasteiger partial charge in [-0.3, -0.25) is 4.90 Å². The third kappa shape index (κ3) is 3.48. The van der Waals surface area contributed by atoms with Crippen molar-refractivity contribution in [1.29, 1.82) is 10.5 Å². The zero-order valence-electron chi connectivity index (χ0n) is 22.0. The van der Waals surface area contributed by atoms with E-state index in [1.807, 2.05) is 11.8 Å². The molecule has 11 nitrogen and oxygen atoms in total. The van der Waals surface area contributed by atoms with Crippen molar-refractivity contribution in [3.05, 3.63) is 10.6 Å². The molecule has 2 aromatic heterocycles. The number of nitriles is 2. The van der Waals surface area contributed by atoms with Crippen molar-refractivity contribution in [2.45, 2.75) is 72.8 Å². The van der Waals surface area contributed by atoms with Crippen LogP contribution in [0.3, 0.4) is 0 Å². The number of anilines is 3. The summed E-state index contributed by atoms with van der Waals surface area (Å²) < 4.78 is 22.0. The van der Waals surface area contributed by atoms with Gasteiger partial charge >= 0.3 is 12.2 Å². The largest absolute Gasteiger partial charge is 0.461 e. The maximum Gasteiger partial charge on any atom is 0.376 e. The van der Waals surface area contributed by atoms with Crippen LogP contribution in [-0.2, 0) is 10.5 Å². The van der Waals surface area contributed by atoms with Crippen LogP contribution >= 0.6 is 23.1 Å². The number of rotatable bonds is 5. The van der Waals surface area contributed by atoms with E-state index in [9.17, 15) is 14.9 Å². The van der Waals surface area contributed by atoms with Gasteiger partial charge in [-0.05, 0) is 38.6 Å². The molecule has 40 heavy (non-hydrogen) atoms. The van der Waals surface area contributed by atoms with Crippen LogP contribution in [0.2, 0.25) is 0 Å². The first-order valence-electron chi connectivity index (χ1n) is 14.0. The SMILES string of the molecule is N#C[C@@H]1C[C@@H]2CC[C@H]1N2c1nc(OC[C@@]23CCCN2C[C@H](F)C3)nc(N2CC3(C2)SCc2sc(N)[n+](C#N)c23)n1. The Morgan fingerprint density at radius 3 is 2.85 bits per heavy atom. The van der Waals surface area contributed by atoms with Gasteiger partial charge in [-0.15, -0.1) is 16.3 Å². The number of thioether (sulfide) groups is 1. The molecule has 2 N–H and O–H groups in total. The second-order valence-corrected chi connectivity index (χ2v) is 14.5. The number of fused-ring (bicyclic) bond motifs is 5. The first-order chi connectivity index (χ1) is 19.4. The lowest BCUT2D eigenvalue weighted by Crippen LogP contribution is -2.61. The Hall–Kier alpha value is -2.94. The van der Waals surface area contributed by atoms with Crippen LogP contribution in [0, 0.1) is 28.7 Å². The van der Waals surface area contributed by atoms with Crippen molar-refractivity contribution in [2.75, 3.05) is 48.3 Å². The summed E-state index contributed by atoms with van der Waals surface area (Å²) in [5, 5.41) is 20.0. The van der Waals surface area contributed by atoms with Crippen LogP contribution in [0.5, 0.6) is 6.01 Å². The van der Waals surface area contributed by atoms with Crippen LogP contribution in [-0.4, -0.2) is 76.4 Å². The molecule has 5 fully saturated rings. The van der Waals surface area contributed by atoms with Crippen molar-refractivity contribution in [3.8, 4) is 18.3 Å². The smallest absolute Gasteiger partial charge is 0.376 e. The Balaban J connectivity index is 1.10. The van der Waals surface area contributed by atoms with Gasteiger partial charge in [-0.1, -0.05) is 11.3 Å². The molecule has 0 aromatic carbocycles. The molecule has 6 aliphatic heterocycles. The number of nitrogens with two attached hydrogens (primary N) is 1. The minimum Gasteiger partial charge on any atom is -0.461 e. The predicted molar refractivity (Wildman–Crippen MR) is 147 cm³/mol. The van der Waals surface area contributed by atoms with Gasteiger partial charge in [-0.2, -0.15) is 20.2 Å². The number of aromatic nitrogens is 4. The van der Waals surface area contributed by atoms with E-state index in [-0.39, 0.29) is 34.3 Å². The Morgan fingerprint density at radius 2 is 2.05 bits per heavy atom. The second kappa shape index (κ2) is 8.78. The highest BCUT2D eigenvalue weighted by atomic mass is 32.2. The fraction of sp³-hybridized carbons (Fsp3) is 0.692. The Kier molecular flexibility index (Phi) is 5.45. The summed E-state index contributed by atoms with van der Waals surface area (Å²) in [6.45, 7) is 3.02. The molecule has 8 heterocycles. The van der Waals surface area contributed by atoms with Crippen LogP contribution in [0.25, 0.3) is 0 Å². The highest BCUT2D eigenvalue weighted by Crippen LogP contribution is 2.54. The molecular formula is C26H30FN10OS2+. The molecule has 5 atom stereocenters. The van der Waals surface area contributed by atoms with E-state index in [0.29, 0.717) is 49.7 Å². The average molecular weight is 582 g/mol. The molecule has 5 saturated heterocycles. The fourth-order valence-corrected chi connectivity index (χ4v) is 10.8. The summed E-state index contributed by atoms with van der Waals surface area (Å²) in [5.41, 5.74) is 6.84. The van der Waals surface area contributed by atoms with Crippen LogP contribution in [0.4, 0.5) is 21.4 Å². The summed E-state index contributed by atoms with van der Waals surface area (Å²) in [6, 6.07) is 3.08. The molecule has 2 bridgehead atoms. The highest BCUT2D eigenvalue weighted by Gasteiger charge is 2.56. The van der Waals surface area contributed by atoms with Crippen LogP contribution in [0.15, 0.2) is 0 Å². The minimum absolute atomic E-state index is 0.0275. The third-order valence-corrected chi connectivity index (χ3v) is 12.5. The molecule has 14 heteroatoms. The van der Waals surface area contributed by atoms with Gasteiger partial charge in [0.25, 0.3) is 5.13 Å². The zero-order chi connectivity index (χ0) is 27.2. The Bertz CT molecular complexity index is 1470. The van der Waals surface area contributed by atoms with Gasteiger partial charge in [0.05, 0.1) is 22.4 Å². The van der Waals surface area contributed by atoms with Crippen LogP contribution < -0.4 is 24.8 Å². The van der Waals surface area contributed by atoms with E-state index in [4.69, 9.17) is 25.4 Å². The number of nitrogen functional groups attached to an aromatic ring is 1. The molecule has 8 rings (SSSR count). The number of nitrogens with zero attached hydrogens (tertiary/aromatic N) is 9. The van der Waals surface area contributed by atoms with E-state index in [1.165, 1.54) is 11.3 Å². The molecule has 2 aromatic rings. The summed E-state index contributed by atoms with van der Waals surface area (Å²) >= 11 is 3.33. The fourth-order valence-electron chi connectivity index (χ4n) is 8.08. The normalized spacial score (nSPS) is 33.2. The summed E-state index contributed by atoms with van der Waals surface area (Å²) in [7, 11) is 0. The number of alkyl halides is 1. The van der Waals surface area contributed by atoms with E-state index in [2.05, 4.69) is 27.0 Å². The molecule has 0 aliphatic carbocycles. The van der Waals surface area contributed by atoms with Crippen molar-refractivity contribution >= 4 is 40.1 Å². The van der Waals surface area contributed by atoms with Gasteiger partial charge < -0.3 is 20.3 Å². The molecule has 208 valence electrons. The van der Waals surface area contributed by atoms with E-state index in [1.54, 1.807) is 4.57 Å². The van der Waals surface area contributed by atoms with E-state index < -0.39 is 6.17 Å². The quantitative estimate of drug-likeness (QED) is 0.519. The lowest BCUT2D eigenvalue weighted by Gasteiger charge is -2.46. The second-order valence-electron chi connectivity index (χ2n) is 12.0. The van der Waals surface area contributed by atoms with Crippen molar-refractivity contribution in [1.82, 2.24) is 19.9 Å². The average Bonchev–Trinajstić information content (AvgIpc) is 3.75. The maximum absolute atomic E-state index is 14.4. The van der Waals surface area contributed by atoms with Crippen LogP contribution in [0.1, 0.15) is 49.1 Å². The number of hydrogen-bond donors (Lipinski definition) is 1. The Labute approximate surface area is 239 Å². The summed E-state index contributed by atoms with van der Waals surface area (Å²) in [6.07, 6.45) is 6.66. The molecule has 0 radical (unpaired) electrons. The first-order valence-corrected chi connectivity index (χ1v) is 15.8. The van der Waals surface area contributed by atoms with Gasteiger partial charge in [0.2, 0.25) is 11.9 Å². The lowest BCUT2D eigenvalue weighted by molar-refractivity contribution is -0.578. The predicted octanol–water partition coefficient (Wildman–Crippen LogP) is 1.93. The topological polar surface area (TPSA) is 135 Å². The monoisotopic (exact) mass is 581 g/mol. The van der Waals surface area contributed by atoms with Crippen molar-refractivity contribution in [2.24, 2.45) is 5.92 Å². The molecule has 0 amide bonds.